The summed E-state index contributed by atoms with van der Waals surface area (Å²) in [6.07, 6.45) is 7.83. The molecule has 0 fully saturated rings. The van der Waals surface area contributed by atoms with E-state index in [1.54, 1.807) is 0 Å². The Bertz CT molecular complexity index is 2610. The van der Waals surface area contributed by atoms with Crippen molar-refractivity contribution >= 4 is 62.6 Å². The van der Waals surface area contributed by atoms with Gasteiger partial charge in [-0.2, -0.15) is 0 Å². The second-order valence-corrected chi connectivity index (χ2v) is 15.7. The maximum absolute atomic E-state index is 2.46. The summed E-state index contributed by atoms with van der Waals surface area (Å²) < 4.78 is 0. The molecule has 0 saturated carbocycles. The standard InChI is InChI=1S/C57H50N4/c1-43-16-13-25-55(40-43)59(46-19-7-4-8-20-46)52-34-28-49(29-35-52)58(50-30-36-53(37-31-50)60(47-21-9-5-10-22-47)56-26-14-17-44(2)41-56)51-32-38-54(39-33-51)61(48-23-11-6-12-24-48)57-27-15-18-45(3)42-57/h4-26,28-42,57H,27H2,1-3H3. The van der Waals surface area contributed by atoms with Gasteiger partial charge in [-0.1, -0.05) is 103 Å². The number of anilines is 11. The molecule has 0 radical (unpaired) electrons. The minimum atomic E-state index is 0.219. The highest BCUT2D eigenvalue weighted by Crippen LogP contribution is 2.42. The van der Waals surface area contributed by atoms with E-state index in [9.17, 15) is 0 Å². The Morgan fingerprint density at radius 2 is 0.639 bits per heavy atom. The van der Waals surface area contributed by atoms with E-state index in [0.29, 0.717) is 0 Å². The minimum absolute atomic E-state index is 0.219. The summed E-state index contributed by atoms with van der Waals surface area (Å²) in [4.78, 5) is 9.46. The van der Waals surface area contributed by atoms with Crippen molar-refractivity contribution in [2.75, 3.05) is 19.6 Å². The fourth-order valence-corrected chi connectivity index (χ4v) is 8.41. The van der Waals surface area contributed by atoms with Gasteiger partial charge in [-0.05, 0) is 172 Å². The number of nitrogens with zero attached hydrogens (tertiary/aromatic N) is 4. The van der Waals surface area contributed by atoms with Gasteiger partial charge in [0.25, 0.3) is 0 Å². The third kappa shape index (κ3) is 8.62. The van der Waals surface area contributed by atoms with Gasteiger partial charge in [-0.15, -0.1) is 0 Å². The van der Waals surface area contributed by atoms with E-state index in [0.717, 1.165) is 63.3 Å². The van der Waals surface area contributed by atoms with Crippen LogP contribution in [0.5, 0.6) is 0 Å². The molecular weight excluding hydrogens is 741 g/mol. The zero-order valence-corrected chi connectivity index (χ0v) is 35.0. The summed E-state index contributed by atoms with van der Waals surface area (Å²) in [7, 11) is 0. The van der Waals surface area contributed by atoms with Crippen LogP contribution in [0.2, 0.25) is 0 Å². The van der Waals surface area contributed by atoms with E-state index in [1.807, 2.05) is 0 Å². The number of hydrogen-bond donors (Lipinski definition) is 0. The minimum Gasteiger partial charge on any atom is -0.334 e. The zero-order valence-electron chi connectivity index (χ0n) is 35.0. The predicted molar refractivity (Wildman–Crippen MR) is 260 cm³/mol. The van der Waals surface area contributed by atoms with Crippen LogP contribution >= 0.6 is 0 Å². The molecule has 298 valence electrons. The SMILES string of the molecule is CC1=CC(N(c2ccccc2)c2ccc(N(c3ccc(N(c4ccccc4)c4cccc(C)c4)cc3)c3ccc(N(c4ccccc4)c4cccc(C)c4)cc3)cc2)CC=C1. The second kappa shape index (κ2) is 17.7. The third-order valence-electron chi connectivity index (χ3n) is 11.2. The van der Waals surface area contributed by atoms with Crippen LogP contribution in [0.3, 0.4) is 0 Å². The Balaban J connectivity index is 1.13. The lowest BCUT2D eigenvalue weighted by Crippen LogP contribution is -2.30. The number of benzene rings is 8. The molecule has 8 aromatic carbocycles. The molecule has 0 saturated heterocycles. The number of allylic oxidation sites excluding steroid dienone is 2. The number of aryl methyl sites for hydroxylation is 2. The first kappa shape index (κ1) is 38.9. The Labute approximate surface area is 361 Å². The largest absolute Gasteiger partial charge is 0.334 e. The summed E-state index contributed by atoms with van der Waals surface area (Å²) in [6, 6.07) is 76.5. The van der Waals surface area contributed by atoms with Crippen molar-refractivity contribution in [3.05, 3.63) is 247 Å². The molecule has 0 amide bonds. The molecule has 0 N–H and O–H groups in total. The van der Waals surface area contributed by atoms with Crippen molar-refractivity contribution in [3.8, 4) is 0 Å². The molecule has 0 aliphatic heterocycles. The van der Waals surface area contributed by atoms with Crippen LogP contribution in [-0.2, 0) is 0 Å². The molecule has 61 heavy (non-hydrogen) atoms. The average Bonchev–Trinajstić information content (AvgIpc) is 3.30. The van der Waals surface area contributed by atoms with Crippen LogP contribution in [0.25, 0.3) is 0 Å². The van der Waals surface area contributed by atoms with Gasteiger partial charge in [0.05, 0.1) is 6.04 Å². The predicted octanol–water partition coefficient (Wildman–Crippen LogP) is 16.1. The summed E-state index contributed by atoms with van der Waals surface area (Å²) in [5.74, 6) is 0. The molecule has 0 aromatic heterocycles. The molecule has 0 heterocycles. The summed E-state index contributed by atoms with van der Waals surface area (Å²) in [5, 5.41) is 0. The van der Waals surface area contributed by atoms with E-state index in [4.69, 9.17) is 0 Å². The lowest BCUT2D eigenvalue weighted by Gasteiger charge is -2.34. The van der Waals surface area contributed by atoms with Gasteiger partial charge in [-0.25, -0.2) is 0 Å². The highest BCUT2D eigenvalue weighted by atomic mass is 15.2. The molecule has 1 unspecified atom stereocenters. The van der Waals surface area contributed by atoms with Crippen molar-refractivity contribution in [2.45, 2.75) is 33.2 Å². The molecule has 0 bridgehead atoms. The van der Waals surface area contributed by atoms with Gasteiger partial charge in [0.2, 0.25) is 0 Å². The van der Waals surface area contributed by atoms with Crippen LogP contribution in [0, 0.1) is 13.8 Å². The topological polar surface area (TPSA) is 13.0 Å². The summed E-state index contributed by atoms with van der Waals surface area (Å²) in [5.41, 5.74) is 15.9. The fraction of sp³-hybridized carbons (Fsp3) is 0.0877. The molecule has 1 aliphatic rings. The zero-order chi connectivity index (χ0) is 41.5. The van der Waals surface area contributed by atoms with Crippen molar-refractivity contribution in [3.63, 3.8) is 0 Å². The third-order valence-corrected chi connectivity index (χ3v) is 11.2. The Morgan fingerprint density at radius 1 is 0.328 bits per heavy atom. The average molecular weight is 791 g/mol. The monoisotopic (exact) mass is 790 g/mol. The van der Waals surface area contributed by atoms with E-state index in [2.05, 4.69) is 271 Å². The molecule has 1 atom stereocenters. The van der Waals surface area contributed by atoms with Gasteiger partial charge in [0.15, 0.2) is 0 Å². The Morgan fingerprint density at radius 3 is 1.02 bits per heavy atom. The van der Waals surface area contributed by atoms with E-state index < -0.39 is 0 Å². The molecule has 1 aliphatic carbocycles. The van der Waals surface area contributed by atoms with Gasteiger partial charge in [0, 0.05) is 62.6 Å². The summed E-state index contributed by atoms with van der Waals surface area (Å²) in [6.45, 7) is 6.48. The molecule has 8 aromatic rings. The second-order valence-electron chi connectivity index (χ2n) is 15.7. The number of hydrogen-bond acceptors (Lipinski definition) is 4. The van der Waals surface area contributed by atoms with Crippen molar-refractivity contribution in [1.82, 2.24) is 0 Å². The van der Waals surface area contributed by atoms with Gasteiger partial charge in [-0.3, -0.25) is 0 Å². The highest BCUT2D eigenvalue weighted by Gasteiger charge is 2.22. The molecule has 0 spiro atoms. The molecule has 9 rings (SSSR count). The first-order valence-corrected chi connectivity index (χ1v) is 21.1. The van der Waals surface area contributed by atoms with Crippen molar-refractivity contribution in [1.29, 1.82) is 0 Å². The van der Waals surface area contributed by atoms with Crippen LogP contribution in [-0.4, -0.2) is 6.04 Å². The fourth-order valence-electron chi connectivity index (χ4n) is 8.41. The van der Waals surface area contributed by atoms with Crippen LogP contribution in [0.15, 0.2) is 236 Å². The van der Waals surface area contributed by atoms with Gasteiger partial charge < -0.3 is 19.6 Å². The lowest BCUT2D eigenvalue weighted by molar-refractivity contribution is 0.778. The first-order valence-electron chi connectivity index (χ1n) is 21.1. The maximum Gasteiger partial charge on any atom is 0.0562 e. The number of para-hydroxylation sites is 3. The maximum atomic E-state index is 2.46. The lowest BCUT2D eigenvalue weighted by atomic mass is 10.0. The molecular formula is C57H50N4. The van der Waals surface area contributed by atoms with Crippen LogP contribution in [0.1, 0.15) is 24.5 Å². The first-order chi connectivity index (χ1) is 30.0. The Hall–Kier alpha value is -7.56. The van der Waals surface area contributed by atoms with Crippen molar-refractivity contribution in [2.24, 2.45) is 0 Å². The van der Waals surface area contributed by atoms with Crippen LogP contribution in [0.4, 0.5) is 62.6 Å². The van der Waals surface area contributed by atoms with Gasteiger partial charge >= 0.3 is 0 Å². The molecule has 4 nitrogen and oxygen atoms in total. The van der Waals surface area contributed by atoms with E-state index in [-0.39, 0.29) is 6.04 Å². The number of rotatable bonds is 12. The highest BCUT2D eigenvalue weighted by molar-refractivity contribution is 5.84. The van der Waals surface area contributed by atoms with Crippen molar-refractivity contribution < 1.29 is 0 Å². The molecule has 4 heteroatoms. The van der Waals surface area contributed by atoms with Gasteiger partial charge in [0.1, 0.15) is 0 Å². The summed E-state index contributed by atoms with van der Waals surface area (Å²) >= 11 is 0. The van der Waals surface area contributed by atoms with E-state index in [1.165, 1.54) is 22.4 Å². The smallest absolute Gasteiger partial charge is 0.0562 e. The normalized spacial score (nSPS) is 13.3. The quantitative estimate of drug-likeness (QED) is 0.122. The van der Waals surface area contributed by atoms with E-state index >= 15 is 0 Å². The Kier molecular flexibility index (Phi) is 11.3. The van der Waals surface area contributed by atoms with Crippen LogP contribution < -0.4 is 19.6 Å².